The lowest BCUT2D eigenvalue weighted by molar-refractivity contribution is -0.385. The van der Waals surface area contributed by atoms with Gasteiger partial charge in [0.15, 0.2) is 0 Å². The van der Waals surface area contributed by atoms with Gasteiger partial charge in [-0.1, -0.05) is 35.9 Å². The Kier molecular flexibility index (Phi) is 6.96. The highest BCUT2D eigenvalue weighted by Crippen LogP contribution is 2.31. The number of non-ortho nitro benzene ring substituents is 1. The highest BCUT2D eigenvalue weighted by atomic mass is 35.5. The molecule has 0 fully saturated rings. The molecule has 0 bridgehead atoms. The van der Waals surface area contributed by atoms with E-state index in [0.29, 0.717) is 16.5 Å². The van der Waals surface area contributed by atoms with Crippen LogP contribution >= 0.6 is 11.6 Å². The van der Waals surface area contributed by atoms with Crippen molar-refractivity contribution < 1.29 is 18.1 Å². The number of hydrogen-bond donors (Lipinski definition) is 2. The number of nitrogens with one attached hydrogen (secondary N) is 2. The van der Waals surface area contributed by atoms with Gasteiger partial charge in [-0.25, -0.2) is 8.42 Å². The molecule has 2 N–H and O–H groups in total. The van der Waals surface area contributed by atoms with E-state index >= 15 is 0 Å². The molecule has 0 saturated carbocycles. The molecule has 0 saturated heterocycles. The SMILES string of the molecule is COc1ccccc1NS(=O)(=O)c1cc([N+](=O)[O-])ccc1NN=C(C)c1ccc(Cl)cc1. The summed E-state index contributed by atoms with van der Waals surface area (Å²) in [5.74, 6) is 0.299. The lowest BCUT2D eigenvalue weighted by Crippen LogP contribution is -2.16. The summed E-state index contributed by atoms with van der Waals surface area (Å²) < 4.78 is 33.8. The van der Waals surface area contributed by atoms with Crippen molar-refractivity contribution in [1.82, 2.24) is 0 Å². The Morgan fingerprint density at radius 2 is 1.75 bits per heavy atom. The van der Waals surface area contributed by atoms with Crippen molar-refractivity contribution >= 4 is 44.4 Å². The van der Waals surface area contributed by atoms with E-state index in [0.717, 1.165) is 11.6 Å². The predicted molar refractivity (Wildman–Crippen MR) is 124 cm³/mol. The predicted octanol–water partition coefficient (Wildman–Crippen LogP) is 4.89. The number of ether oxygens (including phenoxy) is 1. The average molecular weight is 475 g/mol. The normalized spacial score (nSPS) is 11.7. The molecule has 3 aromatic carbocycles. The monoisotopic (exact) mass is 474 g/mol. The molecule has 0 aromatic heterocycles. The van der Waals surface area contributed by atoms with Gasteiger partial charge in [-0.05, 0) is 42.8 Å². The Morgan fingerprint density at radius 3 is 2.41 bits per heavy atom. The van der Waals surface area contributed by atoms with Crippen LogP contribution in [0.1, 0.15) is 12.5 Å². The zero-order valence-corrected chi connectivity index (χ0v) is 18.6. The number of hydrazone groups is 1. The summed E-state index contributed by atoms with van der Waals surface area (Å²) in [6.07, 6.45) is 0. The molecule has 0 spiro atoms. The molecule has 0 radical (unpaired) electrons. The van der Waals surface area contributed by atoms with Crippen molar-refractivity contribution in [3.05, 3.63) is 87.4 Å². The maximum Gasteiger partial charge on any atom is 0.270 e. The molecule has 3 rings (SSSR count). The van der Waals surface area contributed by atoms with Crippen molar-refractivity contribution in [3.63, 3.8) is 0 Å². The van der Waals surface area contributed by atoms with E-state index in [2.05, 4.69) is 15.2 Å². The van der Waals surface area contributed by atoms with Gasteiger partial charge in [0, 0.05) is 17.2 Å². The van der Waals surface area contributed by atoms with E-state index < -0.39 is 14.9 Å². The number of anilines is 2. The lowest BCUT2D eigenvalue weighted by atomic mass is 10.1. The molecule has 0 aliphatic carbocycles. The third-order valence-corrected chi connectivity index (χ3v) is 6.08. The van der Waals surface area contributed by atoms with Gasteiger partial charge in [0.1, 0.15) is 10.6 Å². The lowest BCUT2D eigenvalue weighted by Gasteiger charge is -2.14. The van der Waals surface area contributed by atoms with E-state index in [4.69, 9.17) is 16.3 Å². The van der Waals surface area contributed by atoms with Crippen molar-refractivity contribution in [1.29, 1.82) is 0 Å². The van der Waals surface area contributed by atoms with E-state index in [9.17, 15) is 18.5 Å². The summed E-state index contributed by atoms with van der Waals surface area (Å²) in [6, 6.07) is 16.8. The van der Waals surface area contributed by atoms with Gasteiger partial charge >= 0.3 is 0 Å². The van der Waals surface area contributed by atoms with Crippen LogP contribution in [0.4, 0.5) is 17.1 Å². The smallest absolute Gasteiger partial charge is 0.270 e. The fraction of sp³-hybridized carbons (Fsp3) is 0.0952. The number of nitro groups is 1. The number of halogens is 1. The van der Waals surface area contributed by atoms with Gasteiger partial charge in [-0.15, -0.1) is 0 Å². The van der Waals surface area contributed by atoms with Crippen LogP contribution in [0.5, 0.6) is 5.75 Å². The Bertz CT molecular complexity index is 1280. The quantitative estimate of drug-likeness (QED) is 0.272. The minimum atomic E-state index is -4.23. The summed E-state index contributed by atoms with van der Waals surface area (Å²) in [7, 11) is -2.83. The first-order valence-electron chi connectivity index (χ1n) is 9.22. The number of para-hydroxylation sites is 2. The number of rotatable bonds is 8. The molecule has 0 heterocycles. The first-order chi connectivity index (χ1) is 15.2. The number of hydrogen-bond acceptors (Lipinski definition) is 7. The topological polar surface area (TPSA) is 123 Å². The van der Waals surface area contributed by atoms with Gasteiger partial charge < -0.3 is 4.74 Å². The van der Waals surface area contributed by atoms with Crippen LogP contribution in [-0.4, -0.2) is 26.2 Å². The third kappa shape index (κ3) is 5.34. The highest BCUT2D eigenvalue weighted by Gasteiger charge is 2.24. The van der Waals surface area contributed by atoms with Gasteiger partial charge in [-0.3, -0.25) is 20.3 Å². The molecule has 3 aromatic rings. The van der Waals surface area contributed by atoms with Crippen LogP contribution in [0.2, 0.25) is 5.02 Å². The zero-order chi connectivity index (χ0) is 23.3. The average Bonchev–Trinajstić information content (AvgIpc) is 2.77. The van der Waals surface area contributed by atoms with Gasteiger partial charge in [0.2, 0.25) is 0 Å². The number of benzene rings is 3. The zero-order valence-electron chi connectivity index (χ0n) is 17.1. The molecule has 9 nitrogen and oxygen atoms in total. The number of nitrogens with zero attached hydrogens (tertiary/aromatic N) is 2. The Hall–Kier alpha value is -3.63. The molecular formula is C21H19ClN4O5S. The van der Waals surface area contributed by atoms with Crippen LogP contribution in [0.3, 0.4) is 0 Å². The fourth-order valence-corrected chi connectivity index (χ4v) is 4.14. The highest BCUT2D eigenvalue weighted by molar-refractivity contribution is 7.93. The summed E-state index contributed by atoms with van der Waals surface area (Å²) in [6.45, 7) is 1.73. The van der Waals surface area contributed by atoms with Crippen LogP contribution in [0.15, 0.2) is 76.7 Å². The van der Waals surface area contributed by atoms with Gasteiger partial charge in [0.25, 0.3) is 15.7 Å². The summed E-state index contributed by atoms with van der Waals surface area (Å²) in [4.78, 5) is 10.2. The Balaban J connectivity index is 2.00. The van der Waals surface area contributed by atoms with Crippen LogP contribution in [0.25, 0.3) is 0 Å². The summed E-state index contributed by atoms with van der Waals surface area (Å²) in [5.41, 5.74) is 3.88. The first kappa shape index (κ1) is 23.0. The van der Waals surface area contributed by atoms with E-state index in [1.807, 2.05) is 0 Å². The number of methoxy groups -OCH3 is 1. The second-order valence-corrected chi connectivity index (χ2v) is 8.65. The minimum Gasteiger partial charge on any atom is -0.495 e. The molecule has 166 valence electrons. The third-order valence-electron chi connectivity index (χ3n) is 4.42. The van der Waals surface area contributed by atoms with Crippen molar-refractivity contribution in [2.75, 3.05) is 17.3 Å². The maximum absolute atomic E-state index is 13.1. The van der Waals surface area contributed by atoms with Gasteiger partial charge in [-0.2, -0.15) is 5.10 Å². The first-order valence-corrected chi connectivity index (χ1v) is 11.1. The van der Waals surface area contributed by atoms with Crippen molar-refractivity contribution in [2.45, 2.75) is 11.8 Å². The Morgan fingerprint density at radius 1 is 1.06 bits per heavy atom. The standard InChI is InChI=1S/C21H19ClN4O5S/c1-14(15-7-9-16(22)10-8-15)23-24-19-12-11-17(26(27)28)13-21(19)32(29,30)25-18-5-3-4-6-20(18)31-2/h3-13,24-25H,1-2H3. The van der Waals surface area contributed by atoms with Crippen molar-refractivity contribution in [2.24, 2.45) is 5.10 Å². The summed E-state index contributed by atoms with van der Waals surface area (Å²) in [5, 5.41) is 16.0. The Labute approximate surface area is 189 Å². The molecule has 0 atom stereocenters. The van der Waals surface area contributed by atoms with Gasteiger partial charge in [0.05, 0.1) is 29.1 Å². The molecule has 0 aliphatic heterocycles. The molecule has 0 unspecified atom stereocenters. The minimum absolute atomic E-state index is 0.0614. The molecule has 11 heteroatoms. The molecule has 0 amide bonds. The van der Waals surface area contributed by atoms with Crippen molar-refractivity contribution in [3.8, 4) is 5.75 Å². The van der Waals surface area contributed by atoms with Crippen LogP contribution in [-0.2, 0) is 10.0 Å². The number of sulfonamides is 1. The fourth-order valence-electron chi connectivity index (χ4n) is 2.77. The second kappa shape index (κ2) is 9.67. The summed E-state index contributed by atoms with van der Waals surface area (Å²) >= 11 is 5.90. The van der Waals surface area contributed by atoms with E-state index in [-0.39, 0.29) is 22.0 Å². The largest absolute Gasteiger partial charge is 0.495 e. The van der Waals surface area contributed by atoms with E-state index in [1.54, 1.807) is 49.4 Å². The van der Waals surface area contributed by atoms with Crippen LogP contribution in [0, 0.1) is 10.1 Å². The second-order valence-electron chi connectivity index (χ2n) is 6.56. The number of nitro benzene ring substituents is 1. The maximum atomic E-state index is 13.1. The van der Waals surface area contributed by atoms with Crippen LogP contribution < -0.4 is 14.9 Å². The molecule has 0 aliphatic rings. The molecule has 32 heavy (non-hydrogen) atoms. The van der Waals surface area contributed by atoms with E-state index in [1.165, 1.54) is 25.3 Å². The molecular weight excluding hydrogens is 456 g/mol.